The molecule has 0 amide bonds. The Morgan fingerprint density at radius 3 is 2.63 bits per heavy atom. The lowest BCUT2D eigenvalue weighted by atomic mass is 9.67. The fourth-order valence-corrected chi connectivity index (χ4v) is 3.12. The van der Waals surface area contributed by atoms with Crippen LogP contribution >= 0.6 is 0 Å². The highest BCUT2D eigenvalue weighted by Crippen LogP contribution is 2.47. The molecule has 19 heavy (non-hydrogen) atoms. The highest BCUT2D eigenvalue weighted by Gasteiger charge is 2.57. The van der Waals surface area contributed by atoms with Gasteiger partial charge >= 0.3 is 5.97 Å². The van der Waals surface area contributed by atoms with Crippen LogP contribution in [0.15, 0.2) is 0 Å². The van der Waals surface area contributed by atoms with Crippen molar-refractivity contribution in [2.24, 2.45) is 5.41 Å². The summed E-state index contributed by atoms with van der Waals surface area (Å²) in [6, 6.07) is 0. The normalized spacial score (nSPS) is 29.7. The van der Waals surface area contributed by atoms with Gasteiger partial charge in [-0.2, -0.15) is 0 Å². The minimum atomic E-state index is -1.08. The van der Waals surface area contributed by atoms with Crippen molar-refractivity contribution in [3.05, 3.63) is 0 Å². The molecule has 1 atom stereocenters. The van der Waals surface area contributed by atoms with E-state index in [4.69, 9.17) is 14.2 Å². The van der Waals surface area contributed by atoms with E-state index in [2.05, 4.69) is 0 Å². The molecular weight excluding hydrogens is 248 g/mol. The van der Waals surface area contributed by atoms with E-state index in [1.54, 1.807) is 0 Å². The Balaban J connectivity index is 2.26. The third-order valence-corrected chi connectivity index (χ3v) is 4.18. The molecule has 1 saturated heterocycles. The molecule has 5 heteroatoms. The Bertz CT molecular complexity index is 349. The number of hydrogen-bond acceptors (Lipinski definition) is 5. The topological polar surface area (TPSA) is 61.8 Å². The number of ether oxygens (including phenoxy) is 3. The van der Waals surface area contributed by atoms with E-state index in [-0.39, 0.29) is 5.78 Å². The predicted octanol–water partition coefficient (Wildman–Crippen LogP) is 1.83. The zero-order chi connectivity index (χ0) is 13.9. The maximum Gasteiger partial charge on any atom is 0.319 e. The smallest absolute Gasteiger partial charge is 0.319 e. The molecular formula is C14H22O5. The first-order valence-electron chi connectivity index (χ1n) is 6.98. The van der Waals surface area contributed by atoms with Gasteiger partial charge in [0.1, 0.15) is 5.41 Å². The molecule has 1 spiro atoms. The van der Waals surface area contributed by atoms with Gasteiger partial charge in [0.2, 0.25) is 0 Å². The molecule has 0 radical (unpaired) electrons. The van der Waals surface area contributed by atoms with Crippen LogP contribution in [-0.2, 0) is 23.8 Å². The van der Waals surface area contributed by atoms with E-state index in [0.29, 0.717) is 38.9 Å². The van der Waals surface area contributed by atoms with E-state index in [0.717, 1.165) is 12.8 Å². The minimum absolute atomic E-state index is 0.0301. The lowest BCUT2D eigenvalue weighted by Gasteiger charge is -2.41. The largest absolute Gasteiger partial charge is 0.468 e. The highest BCUT2D eigenvalue weighted by molar-refractivity contribution is 6.04. The second-order valence-corrected chi connectivity index (χ2v) is 5.38. The molecule has 108 valence electrons. The molecule has 2 fully saturated rings. The summed E-state index contributed by atoms with van der Waals surface area (Å²) >= 11 is 0. The van der Waals surface area contributed by atoms with Crippen LogP contribution in [0.5, 0.6) is 0 Å². The number of ketones is 1. The van der Waals surface area contributed by atoms with Gasteiger partial charge in [0.25, 0.3) is 0 Å². The molecule has 1 aliphatic heterocycles. The van der Waals surface area contributed by atoms with Gasteiger partial charge in [-0.1, -0.05) is 19.8 Å². The summed E-state index contributed by atoms with van der Waals surface area (Å²) in [7, 11) is 1.33. The Kier molecular flexibility index (Phi) is 4.26. The van der Waals surface area contributed by atoms with Gasteiger partial charge < -0.3 is 14.2 Å². The van der Waals surface area contributed by atoms with Crippen molar-refractivity contribution in [3.8, 4) is 0 Å². The summed E-state index contributed by atoms with van der Waals surface area (Å²) in [5, 5.41) is 0. The Labute approximate surface area is 113 Å². The van der Waals surface area contributed by atoms with Crippen LogP contribution in [0, 0.1) is 5.41 Å². The minimum Gasteiger partial charge on any atom is -0.468 e. The molecule has 2 aliphatic rings. The number of unbranched alkanes of at least 4 members (excludes halogenated alkanes) is 1. The number of methoxy groups -OCH3 is 1. The number of carbonyl (C=O) groups excluding carboxylic acids is 2. The van der Waals surface area contributed by atoms with Crippen molar-refractivity contribution >= 4 is 11.8 Å². The highest BCUT2D eigenvalue weighted by atomic mass is 16.7. The number of rotatable bonds is 4. The van der Waals surface area contributed by atoms with Gasteiger partial charge in [0, 0.05) is 19.3 Å². The summed E-state index contributed by atoms with van der Waals surface area (Å²) in [5.74, 6) is -1.22. The van der Waals surface area contributed by atoms with Gasteiger partial charge in [-0.05, 0) is 6.42 Å². The standard InChI is InChI=1S/C14H22O5/c1-3-4-6-13(12(16)17-2)10-14(7-5-11(13)15)18-8-9-19-14/h3-10H2,1-2H3. The van der Waals surface area contributed by atoms with E-state index in [1.807, 2.05) is 6.92 Å². The number of hydrogen-bond donors (Lipinski definition) is 0. The van der Waals surface area contributed by atoms with Crippen molar-refractivity contribution in [2.75, 3.05) is 20.3 Å². The van der Waals surface area contributed by atoms with E-state index < -0.39 is 17.2 Å². The first-order valence-corrected chi connectivity index (χ1v) is 6.98. The maximum atomic E-state index is 12.4. The van der Waals surface area contributed by atoms with Crippen molar-refractivity contribution in [1.29, 1.82) is 0 Å². The lowest BCUT2D eigenvalue weighted by molar-refractivity contribution is -0.209. The number of esters is 1. The van der Waals surface area contributed by atoms with Gasteiger partial charge in [-0.3, -0.25) is 9.59 Å². The zero-order valence-corrected chi connectivity index (χ0v) is 11.7. The van der Waals surface area contributed by atoms with Crippen LogP contribution in [0.25, 0.3) is 0 Å². The van der Waals surface area contributed by atoms with E-state index in [9.17, 15) is 9.59 Å². The molecule has 0 N–H and O–H groups in total. The molecule has 0 aromatic carbocycles. The predicted molar refractivity (Wildman–Crippen MR) is 67.5 cm³/mol. The molecule has 2 rings (SSSR count). The quantitative estimate of drug-likeness (QED) is 0.576. The molecule has 1 saturated carbocycles. The second-order valence-electron chi connectivity index (χ2n) is 5.38. The summed E-state index contributed by atoms with van der Waals surface area (Å²) in [5.41, 5.74) is -1.08. The van der Waals surface area contributed by atoms with Crippen LogP contribution in [0.4, 0.5) is 0 Å². The maximum absolute atomic E-state index is 12.4. The molecule has 5 nitrogen and oxygen atoms in total. The van der Waals surface area contributed by atoms with Gasteiger partial charge in [-0.15, -0.1) is 0 Å². The van der Waals surface area contributed by atoms with Crippen LogP contribution in [0.1, 0.15) is 45.4 Å². The van der Waals surface area contributed by atoms with Crippen LogP contribution in [0.2, 0.25) is 0 Å². The third kappa shape index (κ3) is 2.54. The summed E-state index contributed by atoms with van der Waals surface area (Å²) in [6.07, 6.45) is 3.42. The molecule has 0 bridgehead atoms. The van der Waals surface area contributed by atoms with Crippen molar-refractivity contribution in [3.63, 3.8) is 0 Å². The van der Waals surface area contributed by atoms with Crippen molar-refractivity contribution < 1.29 is 23.8 Å². The van der Waals surface area contributed by atoms with Crippen LogP contribution < -0.4 is 0 Å². The lowest BCUT2D eigenvalue weighted by Crippen LogP contribution is -2.52. The van der Waals surface area contributed by atoms with Crippen molar-refractivity contribution in [2.45, 2.75) is 51.2 Å². The summed E-state index contributed by atoms with van der Waals surface area (Å²) in [6.45, 7) is 3.09. The van der Waals surface area contributed by atoms with Gasteiger partial charge in [-0.25, -0.2) is 0 Å². The average Bonchev–Trinajstić information content (AvgIpc) is 2.87. The molecule has 1 aliphatic carbocycles. The average molecular weight is 270 g/mol. The Morgan fingerprint density at radius 1 is 1.37 bits per heavy atom. The van der Waals surface area contributed by atoms with Gasteiger partial charge in [0.15, 0.2) is 11.6 Å². The summed E-state index contributed by atoms with van der Waals surface area (Å²) in [4.78, 5) is 24.5. The van der Waals surface area contributed by atoms with Crippen LogP contribution in [-0.4, -0.2) is 37.9 Å². The van der Waals surface area contributed by atoms with E-state index >= 15 is 0 Å². The Hall–Kier alpha value is -0.940. The fourth-order valence-electron chi connectivity index (χ4n) is 3.12. The zero-order valence-electron chi connectivity index (χ0n) is 11.7. The Morgan fingerprint density at radius 2 is 2.05 bits per heavy atom. The first kappa shape index (κ1) is 14.5. The molecule has 0 aromatic rings. The fraction of sp³-hybridized carbons (Fsp3) is 0.857. The number of Topliss-reactive ketones (excluding diaryl/α,β-unsaturated/α-hetero) is 1. The second kappa shape index (κ2) is 5.59. The third-order valence-electron chi connectivity index (χ3n) is 4.18. The monoisotopic (exact) mass is 270 g/mol. The SMILES string of the molecule is CCCCC1(C(=O)OC)CC2(CCC1=O)OCCO2. The molecule has 1 unspecified atom stereocenters. The van der Waals surface area contributed by atoms with E-state index in [1.165, 1.54) is 7.11 Å². The molecule has 1 heterocycles. The van der Waals surface area contributed by atoms with Gasteiger partial charge in [0.05, 0.1) is 20.3 Å². The molecule has 0 aromatic heterocycles. The van der Waals surface area contributed by atoms with Crippen LogP contribution in [0.3, 0.4) is 0 Å². The summed E-state index contributed by atoms with van der Waals surface area (Å²) < 4.78 is 16.2. The number of carbonyl (C=O) groups is 2. The first-order chi connectivity index (χ1) is 9.08. The van der Waals surface area contributed by atoms with Crippen molar-refractivity contribution in [1.82, 2.24) is 0 Å².